The number of nitrogens with zero attached hydrogens (tertiary/aromatic N) is 5. The molecule has 0 aliphatic rings. The first-order chi connectivity index (χ1) is 17.8. The average molecular weight is 493 g/mol. The molecular weight excluding hydrogens is 460 g/mol. The van der Waals surface area contributed by atoms with Crippen LogP contribution in [0, 0.1) is 6.92 Å². The van der Waals surface area contributed by atoms with Crippen LogP contribution in [0.1, 0.15) is 31.9 Å². The Hall–Kier alpha value is -4.52. The van der Waals surface area contributed by atoms with Gasteiger partial charge in [-0.3, -0.25) is 19.7 Å². The van der Waals surface area contributed by atoms with E-state index in [-0.39, 0.29) is 6.04 Å². The number of allylic oxidation sites excluding steroid dienone is 1. The lowest BCUT2D eigenvalue weighted by atomic mass is 9.98. The second kappa shape index (κ2) is 11.0. The van der Waals surface area contributed by atoms with Crippen LogP contribution < -0.4 is 5.32 Å². The summed E-state index contributed by atoms with van der Waals surface area (Å²) in [6, 6.07) is 10.2. The lowest BCUT2D eigenvalue weighted by Gasteiger charge is -2.19. The molecule has 2 aromatic heterocycles. The van der Waals surface area contributed by atoms with Crippen molar-refractivity contribution in [3.05, 3.63) is 78.0 Å². The summed E-state index contributed by atoms with van der Waals surface area (Å²) in [5.74, 6) is 0. The molecule has 0 radical (unpaired) electrons. The average Bonchev–Trinajstić information content (AvgIpc) is 3.49. The number of fused-ring (bicyclic) bond motifs is 1. The van der Waals surface area contributed by atoms with Crippen LogP contribution in [0.25, 0.3) is 27.7 Å². The molecule has 0 spiro atoms. The van der Waals surface area contributed by atoms with E-state index in [2.05, 4.69) is 70.9 Å². The molecule has 0 aliphatic heterocycles. The molecule has 7 nitrogen and oxygen atoms in total. The molecule has 4 aromatic rings. The second-order valence-corrected chi connectivity index (χ2v) is 8.97. The van der Waals surface area contributed by atoms with Gasteiger partial charge in [0, 0.05) is 47.9 Å². The van der Waals surface area contributed by atoms with Crippen LogP contribution in [0.5, 0.6) is 0 Å². The van der Waals surface area contributed by atoms with E-state index < -0.39 is 0 Å². The van der Waals surface area contributed by atoms with Crippen molar-refractivity contribution in [2.24, 2.45) is 22.0 Å². The largest absolute Gasteiger partial charge is 0.464 e. The van der Waals surface area contributed by atoms with Crippen LogP contribution in [-0.2, 0) is 7.05 Å². The minimum atomic E-state index is -0.0678. The lowest BCUT2D eigenvalue weighted by molar-refractivity contribution is 0.613. The predicted molar refractivity (Wildman–Crippen MR) is 157 cm³/mol. The second-order valence-electron chi connectivity index (χ2n) is 8.97. The topological polar surface area (TPSA) is 80.1 Å². The maximum absolute atomic E-state index is 5.65. The molecule has 2 heterocycles. The fraction of sp³-hybridized carbons (Fsp3) is 0.200. The highest BCUT2D eigenvalue weighted by Crippen LogP contribution is 2.42. The molecule has 1 unspecified atom stereocenters. The quantitative estimate of drug-likeness (QED) is 0.192. The lowest BCUT2D eigenvalue weighted by Crippen LogP contribution is -2.17. The first-order valence-corrected chi connectivity index (χ1v) is 12.1. The highest BCUT2D eigenvalue weighted by Gasteiger charge is 2.16. The Balaban J connectivity index is 1.75. The van der Waals surface area contributed by atoms with Crippen molar-refractivity contribution >= 4 is 53.3 Å². The third-order valence-corrected chi connectivity index (χ3v) is 6.26. The fourth-order valence-corrected chi connectivity index (χ4v) is 4.30. The number of aryl methyl sites for hydroxylation is 2. The Morgan fingerprint density at radius 2 is 2.03 bits per heavy atom. The summed E-state index contributed by atoms with van der Waals surface area (Å²) < 4.78 is 7.44. The number of aliphatic imine (C=N–C) groups is 3. The molecule has 0 saturated carbocycles. The van der Waals surface area contributed by atoms with Gasteiger partial charge < -0.3 is 9.73 Å². The molecule has 0 aliphatic carbocycles. The minimum absolute atomic E-state index is 0.0678. The maximum Gasteiger partial charge on any atom is 0.134 e. The molecule has 0 bridgehead atoms. The van der Waals surface area contributed by atoms with Gasteiger partial charge in [0.25, 0.3) is 0 Å². The summed E-state index contributed by atoms with van der Waals surface area (Å²) in [5, 5.41) is 8.95. The van der Waals surface area contributed by atoms with Gasteiger partial charge in [-0.25, -0.2) is 0 Å². The normalized spacial score (nSPS) is 13.3. The van der Waals surface area contributed by atoms with Gasteiger partial charge in [0.15, 0.2) is 0 Å². The molecule has 0 saturated heterocycles. The Morgan fingerprint density at radius 3 is 2.70 bits per heavy atom. The molecular formula is C30H32N6O. The van der Waals surface area contributed by atoms with E-state index in [4.69, 9.17) is 4.42 Å². The minimum Gasteiger partial charge on any atom is -0.464 e. The van der Waals surface area contributed by atoms with Crippen molar-refractivity contribution in [2.45, 2.75) is 33.7 Å². The fourth-order valence-electron chi connectivity index (χ4n) is 4.30. The monoisotopic (exact) mass is 492 g/mol. The van der Waals surface area contributed by atoms with Crippen molar-refractivity contribution in [2.75, 3.05) is 5.32 Å². The van der Waals surface area contributed by atoms with E-state index in [9.17, 15) is 0 Å². The Morgan fingerprint density at radius 1 is 1.22 bits per heavy atom. The van der Waals surface area contributed by atoms with Crippen molar-refractivity contribution in [1.29, 1.82) is 0 Å². The third kappa shape index (κ3) is 5.51. The summed E-state index contributed by atoms with van der Waals surface area (Å²) in [4.78, 5) is 13.0. The van der Waals surface area contributed by atoms with Gasteiger partial charge in [0.1, 0.15) is 5.58 Å². The van der Waals surface area contributed by atoms with Crippen LogP contribution in [0.4, 0.5) is 17.1 Å². The molecule has 188 valence electrons. The smallest absolute Gasteiger partial charge is 0.134 e. The highest BCUT2D eigenvalue weighted by atomic mass is 16.3. The van der Waals surface area contributed by atoms with Crippen molar-refractivity contribution < 1.29 is 4.42 Å². The van der Waals surface area contributed by atoms with E-state index in [0.29, 0.717) is 5.69 Å². The first kappa shape index (κ1) is 25.6. The van der Waals surface area contributed by atoms with E-state index in [1.165, 1.54) is 0 Å². The SMILES string of the molecule is C=N/C=C(\C=C(/C)c1cnn(C)c1)C(C)Nc1cc(N=C)c(/N=C\C)c(-c2ccc3occ(C)c3c2)c1. The van der Waals surface area contributed by atoms with E-state index in [1.54, 1.807) is 23.4 Å². The number of hydrogen-bond donors (Lipinski definition) is 1. The van der Waals surface area contributed by atoms with Crippen LogP contribution in [0.15, 0.2) is 86.2 Å². The molecule has 37 heavy (non-hydrogen) atoms. The Labute approximate surface area is 217 Å². The molecule has 0 amide bonds. The summed E-state index contributed by atoms with van der Waals surface area (Å²) in [7, 11) is 1.91. The molecule has 4 rings (SSSR count). The van der Waals surface area contributed by atoms with Crippen molar-refractivity contribution in [3.8, 4) is 11.1 Å². The molecule has 0 fully saturated rings. The molecule has 2 aromatic carbocycles. The van der Waals surface area contributed by atoms with Gasteiger partial charge in [-0.05, 0) is 87.7 Å². The standard InChI is InChI=1S/C30H32N6O/c1-8-33-30-27(22-9-10-29-26(12-22)20(3)18-37-29)13-25(14-28(30)32-6)35-21(4)23(15-31-5)11-19(2)24-16-34-36(7)17-24/h8-18,21,35H,5-6H2,1-4,7H3/b19-11+,23-15+,33-8-. The number of anilines is 1. The Bertz CT molecular complexity index is 1550. The van der Waals surface area contributed by atoms with Crippen LogP contribution in [0.3, 0.4) is 0 Å². The van der Waals surface area contributed by atoms with Crippen molar-refractivity contribution in [1.82, 2.24) is 9.78 Å². The van der Waals surface area contributed by atoms with Gasteiger partial charge in [-0.1, -0.05) is 12.1 Å². The maximum atomic E-state index is 5.65. The molecule has 7 heteroatoms. The van der Waals surface area contributed by atoms with E-state index in [1.807, 2.05) is 51.5 Å². The summed E-state index contributed by atoms with van der Waals surface area (Å²) in [6.07, 6.45) is 11.3. The Kier molecular flexibility index (Phi) is 7.63. The van der Waals surface area contributed by atoms with E-state index in [0.717, 1.165) is 55.7 Å². The number of rotatable bonds is 9. The van der Waals surface area contributed by atoms with Crippen LogP contribution in [-0.4, -0.2) is 35.5 Å². The third-order valence-electron chi connectivity index (χ3n) is 6.26. The zero-order chi connectivity index (χ0) is 26.5. The first-order valence-electron chi connectivity index (χ1n) is 12.1. The van der Waals surface area contributed by atoms with Gasteiger partial charge in [-0.2, -0.15) is 5.10 Å². The number of aromatic nitrogens is 2. The summed E-state index contributed by atoms with van der Waals surface area (Å²) in [5.41, 5.74) is 9.40. The zero-order valence-corrected chi connectivity index (χ0v) is 22.0. The summed E-state index contributed by atoms with van der Waals surface area (Å²) >= 11 is 0. The number of nitrogens with one attached hydrogen (secondary N) is 1. The van der Waals surface area contributed by atoms with E-state index >= 15 is 0 Å². The van der Waals surface area contributed by atoms with Gasteiger partial charge >= 0.3 is 0 Å². The van der Waals surface area contributed by atoms with Crippen LogP contribution in [0.2, 0.25) is 0 Å². The highest BCUT2D eigenvalue weighted by molar-refractivity contribution is 5.94. The number of benzene rings is 2. The van der Waals surface area contributed by atoms with Gasteiger partial charge in [0.05, 0.1) is 29.9 Å². The number of furan rings is 1. The predicted octanol–water partition coefficient (Wildman–Crippen LogP) is 7.68. The number of hydrogen-bond acceptors (Lipinski definition) is 6. The molecule has 1 N–H and O–H groups in total. The zero-order valence-electron chi connectivity index (χ0n) is 22.0. The molecule has 1 atom stereocenters. The van der Waals surface area contributed by atoms with Crippen LogP contribution >= 0.6 is 0 Å². The van der Waals surface area contributed by atoms with Gasteiger partial charge in [-0.15, -0.1) is 0 Å². The van der Waals surface area contributed by atoms with Gasteiger partial charge in [0.2, 0.25) is 0 Å². The van der Waals surface area contributed by atoms with Crippen molar-refractivity contribution in [3.63, 3.8) is 0 Å². The summed E-state index contributed by atoms with van der Waals surface area (Å²) in [6.45, 7) is 15.6.